The molecule has 1 fully saturated rings. The van der Waals surface area contributed by atoms with E-state index in [4.69, 9.17) is 11.6 Å². The van der Waals surface area contributed by atoms with Crippen molar-refractivity contribution in [2.24, 2.45) is 11.8 Å². The van der Waals surface area contributed by atoms with E-state index in [9.17, 15) is 0 Å². The maximum atomic E-state index is 7.12. The lowest BCUT2D eigenvalue weighted by molar-refractivity contribution is 0.372. The van der Waals surface area contributed by atoms with Crippen molar-refractivity contribution in [1.29, 1.82) is 0 Å². The van der Waals surface area contributed by atoms with Gasteiger partial charge in [0.1, 0.15) is 0 Å². The summed E-state index contributed by atoms with van der Waals surface area (Å²) in [7, 11) is 0. The van der Waals surface area contributed by atoms with Gasteiger partial charge in [0.05, 0.1) is 5.38 Å². The van der Waals surface area contributed by atoms with Crippen LogP contribution in [0.3, 0.4) is 0 Å². The van der Waals surface area contributed by atoms with Gasteiger partial charge in [0.15, 0.2) is 0 Å². The lowest BCUT2D eigenvalue weighted by Crippen LogP contribution is -2.23. The summed E-state index contributed by atoms with van der Waals surface area (Å²) < 4.78 is 0. The molecule has 2 heteroatoms. The molecule has 0 saturated heterocycles. The molecule has 0 N–H and O–H groups in total. The lowest BCUT2D eigenvalue weighted by Gasteiger charge is -2.37. The molecule has 0 spiro atoms. The largest absolute Gasteiger partial charge is 0.264 e. The van der Waals surface area contributed by atoms with Gasteiger partial charge in [-0.2, -0.15) is 0 Å². The number of hydrogen-bond acceptors (Lipinski definition) is 1. The molecule has 186 valence electrons. The smallest absolute Gasteiger partial charge is 0.0619 e. The number of hydrogen-bond donors (Lipinski definition) is 0. The molecule has 3 unspecified atom stereocenters. The van der Waals surface area contributed by atoms with Gasteiger partial charge in [-0.15, -0.1) is 11.6 Å². The summed E-state index contributed by atoms with van der Waals surface area (Å²) in [5, 5.41) is 7.96. The summed E-state index contributed by atoms with van der Waals surface area (Å²) in [4.78, 5) is 4.01. The van der Waals surface area contributed by atoms with Crippen LogP contribution in [0.4, 0.5) is 0 Å². The molecule has 0 bridgehead atoms. The Bertz CT molecular complexity index is 1670. The van der Waals surface area contributed by atoms with Crippen LogP contribution >= 0.6 is 11.6 Å². The van der Waals surface area contributed by atoms with Crippen LogP contribution < -0.4 is 0 Å². The molecule has 0 aliphatic heterocycles. The first kappa shape index (κ1) is 23.4. The fraction of sp³-hybridized carbons (Fsp3) is 0.194. The Hall–Kier alpha value is -3.68. The van der Waals surface area contributed by atoms with Crippen LogP contribution in [0.25, 0.3) is 32.3 Å². The highest BCUT2D eigenvalue weighted by Gasteiger charge is 2.43. The van der Waals surface area contributed by atoms with Gasteiger partial charge < -0.3 is 0 Å². The van der Waals surface area contributed by atoms with Crippen molar-refractivity contribution in [3.63, 3.8) is 0 Å². The third-order valence-corrected chi connectivity index (χ3v) is 9.07. The van der Waals surface area contributed by atoms with Gasteiger partial charge >= 0.3 is 0 Å². The molecule has 1 heterocycles. The van der Waals surface area contributed by atoms with Crippen LogP contribution in [-0.2, 0) is 0 Å². The fourth-order valence-electron chi connectivity index (χ4n) is 6.47. The molecule has 2 aliphatic rings. The highest BCUT2D eigenvalue weighted by atomic mass is 35.5. The van der Waals surface area contributed by atoms with Crippen molar-refractivity contribution in [3.8, 4) is 0 Å². The highest BCUT2D eigenvalue weighted by Crippen LogP contribution is 2.56. The zero-order valence-corrected chi connectivity index (χ0v) is 22.1. The molecule has 3 atom stereocenters. The molecular formula is C36H30ClN. The predicted molar refractivity (Wildman–Crippen MR) is 161 cm³/mol. The first-order valence-corrected chi connectivity index (χ1v) is 14.1. The number of halogens is 1. The molecule has 1 aromatic heterocycles. The predicted octanol–water partition coefficient (Wildman–Crippen LogP) is 10.1. The second kappa shape index (κ2) is 9.89. The Morgan fingerprint density at radius 1 is 0.605 bits per heavy atom. The molecule has 1 nitrogen and oxygen atoms in total. The fourth-order valence-corrected chi connectivity index (χ4v) is 6.97. The van der Waals surface area contributed by atoms with E-state index >= 15 is 0 Å². The monoisotopic (exact) mass is 511 g/mol. The second-order valence-electron chi connectivity index (χ2n) is 10.8. The number of fused-ring (bicyclic) bond motifs is 6. The van der Waals surface area contributed by atoms with Gasteiger partial charge in [0, 0.05) is 18.3 Å². The van der Waals surface area contributed by atoms with E-state index in [0.29, 0.717) is 11.8 Å². The molecule has 0 radical (unpaired) electrons. The zero-order valence-electron chi connectivity index (χ0n) is 21.3. The van der Waals surface area contributed by atoms with Gasteiger partial charge in [-0.3, -0.25) is 4.98 Å². The van der Waals surface area contributed by atoms with Crippen LogP contribution in [0.5, 0.6) is 0 Å². The third-order valence-electron chi connectivity index (χ3n) is 8.51. The Labute approximate surface area is 229 Å². The van der Waals surface area contributed by atoms with E-state index < -0.39 is 0 Å². The topological polar surface area (TPSA) is 12.9 Å². The summed E-state index contributed by atoms with van der Waals surface area (Å²) in [5.41, 5.74) is 4.26. The molecule has 8 rings (SSSR count). The highest BCUT2D eigenvalue weighted by molar-refractivity contribution is 6.22. The Balaban J connectivity index is 0.000000203. The van der Waals surface area contributed by atoms with Crippen molar-refractivity contribution in [3.05, 3.63) is 138 Å². The van der Waals surface area contributed by atoms with E-state index in [-0.39, 0.29) is 5.38 Å². The average molecular weight is 512 g/mol. The molecule has 1 saturated carbocycles. The van der Waals surface area contributed by atoms with Crippen molar-refractivity contribution >= 4 is 43.9 Å². The summed E-state index contributed by atoms with van der Waals surface area (Å²) >= 11 is 7.12. The number of nitrogens with zero attached hydrogens (tertiary/aromatic N) is 1. The molecule has 0 amide bonds. The number of aromatic nitrogens is 1. The van der Waals surface area contributed by atoms with Crippen LogP contribution in [0, 0.1) is 11.8 Å². The lowest BCUT2D eigenvalue weighted by atomic mass is 9.70. The molecule has 2 aliphatic carbocycles. The van der Waals surface area contributed by atoms with Crippen LogP contribution in [0.2, 0.25) is 0 Å². The average Bonchev–Trinajstić information content (AvgIpc) is 3.83. The Morgan fingerprint density at radius 2 is 1.32 bits per heavy atom. The molecule has 6 aromatic rings. The van der Waals surface area contributed by atoms with Gasteiger partial charge in [-0.25, -0.2) is 0 Å². The summed E-state index contributed by atoms with van der Waals surface area (Å²) in [6, 6.07) is 39.2. The van der Waals surface area contributed by atoms with Gasteiger partial charge in [-0.05, 0) is 86.2 Å². The second-order valence-corrected chi connectivity index (χ2v) is 11.2. The number of rotatable bonds is 2. The molecule has 38 heavy (non-hydrogen) atoms. The van der Waals surface area contributed by atoms with E-state index in [1.54, 1.807) is 0 Å². The van der Waals surface area contributed by atoms with E-state index in [0.717, 1.165) is 5.92 Å². The van der Waals surface area contributed by atoms with Crippen LogP contribution in [-0.4, -0.2) is 4.98 Å². The number of benzene rings is 5. The van der Waals surface area contributed by atoms with Crippen LogP contribution in [0.15, 0.2) is 122 Å². The maximum Gasteiger partial charge on any atom is 0.0619 e. The minimum Gasteiger partial charge on any atom is -0.264 e. The minimum absolute atomic E-state index is 0.137. The molecule has 5 aromatic carbocycles. The quantitative estimate of drug-likeness (QED) is 0.166. The SMILES string of the molecule is ClC1c2ccc3c(ccc4ccccc43)c2C(c2ccccc2)CC1C1CC1.c1ccc2cnccc2c1. The number of pyridine rings is 1. The minimum atomic E-state index is 0.137. The van der Waals surface area contributed by atoms with E-state index in [1.807, 2.05) is 30.6 Å². The van der Waals surface area contributed by atoms with Gasteiger partial charge in [0.2, 0.25) is 0 Å². The Kier molecular flexibility index (Phi) is 6.10. The van der Waals surface area contributed by atoms with E-state index in [1.165, 1.54) is 68.3 Å². The standard InChI is InChI=1S/C27H23Cl.C9H7N/c28-27-23-15-14-21-20-9-5-4-8-18(20)12-13-22(21)26(23)24(16-25(27)19-10-11-19)17-6-2-1-3-7-17;1-2-4-9-7-10-6-5-8(9)3-1/h1-9,12-15,19,24-25,27H,10-11,16H2;1-7H. The van der Waals surface area contributed by atoms with Crippen molar-refractivity contribution in [2.45, 2.75) is 30.6 Å². The zero-order chi connectivity index (χ0) is 25.5. The van der Waals surface area contributed by atoms with Crippen molar-refractivity contribution < 1.29 is 0 Å². The Morgan fingerprint density at radius 3 is 2.11 bits per heavy atom. The third kappa shape index (κ3) is 4.25. The maximum absolute atomic E-state index is 7.12. The summed E-state index contributed by atoms with van der Waals surface area (Å²) in [6.45, 7) is 0. The van der Waals surface area contributed by atoms with Crippen molar-refractivity contribution in [2.75, 3.05) is 0 Å². The normalized spacial score (nSPS) is 20.6. The summed E-state index contributed by atoms with van der Waals surface area (Å²) in [6.07, 6.45) is 7.55. The molecular weight excluding hydrogens is 482 g/mol. The van der Waals surface area contributed by atoms with Gasteiger partial charge in [0.25, 0.3) is 0 Å². The van der Waals surface area contributed by atoms with Crippen molar-refractivity contribution in [1.82, 2.24) is 4.98 Å². The first-order valence-electron chi connectivity index (χ1n) is 13.7. The summed E-state index contributed by atoms with van der Waals surface area (Å²) in [5.74, 6) is 1.84. The van der Waals surface area contributed by atoms with Crippen LogP contribution in [0.1, 0.15) is 47.2 Å². The first-order chi connectivity index (χ1) is 18.8. The van der Waals surface area contributed by atoms with E-state index in [2.05, 4.69) is 96.0 Å². The number of alkyl halides is 1. The van der Waals surface area contributed by atoms with Gasteiger partial charge in [-0.1, -0.05) is 103 Å².